The molecule has 1 heterocycles. The van der Waals surface area contributed by atoms with Crippen molar-refractivity contribution in [3.8, 4) is 0 Å². The summed E-state index contributed by atoms with van der Waals surface area (Å²) in [6, 6.07) is 13.6. The molecule has 132 valence electrons. The lowest BCUT2D eigenvalue weighted by atomic mass is 10.0. The highest BCUT2D eigenvalue weighted by molar-refractivity contribution is 7.86. The lowest BCUT2D eigenvalue weighted by Crippen LogP contribution is -2.46. The summed E-state index contributed by atoms with van der Waals surface area (Å²) in [7, 11) is -4.79. The van der Waals surface area contributed by atoms with Gasteiger partial charge in [-0.25, -0.2) is 0 Å². The van der Waals surface area contributed by atoms with Crippen molar-refractivity contribution in [3.05, 3.63) is 65.7 Å². The minimum atomic E-state index is -4.79. The molecular weight excluding hydrogens is 349 g/mol. The minimum Gasteiger partial charge on any atom is -0.353 e. The minimum absolute atomic E-state index is 0.134. The van der Waals surface area contributed by atoms with Gasteiger partial charge in [-0.15, -0.1) is 3.89 Å². The fourth-order valence-corrected chi connectivity index (χ4v) is 3.07. The Morgan fingerprint density at radius 1 is 1.08 bits per heavy atom. The molecule has 2 aromatic rings. The number of amides is 1. The summed E-state index contributed by atoms with van der Waals surface area (Å²) in [5.41, 5.74) is 1.12. The van der Waals surface area contributed by atoms with Crippen molar-refractivity contribution in [2.24, 2.45) is 0 Å². The second-order valence-corrected chi connectivity index (χ2v) is 6.88. The average molecular weight is 365 g/mol. The van der Waals surface area contributed by atoms with Crippen LogP contribution in [0, 0.1) is 0 Å². The quantitative estimate of drug-likeness (QED) is 0.840. The van der Waals surface area contributed by atoms with Crippen LogP contribution in [-0.4, -0.2) is 33.8 Å². The molecule has 2 atom stereocenters. The average Bonchev–Trinajstić information content (AvgIpc) is 2.62. The van der Waals surface area contributed by atoms with E-state index in [2.05, 4.69) is 5.32 Å². The molecule has 1 aliphatic heterocycles. The molecule has 25 heavy (non-hydrogen) atoms. The number of carbonyl (C=O) groups is 1. The Morgan fingerprint density at radius 2 is 1.76 bits per heavy atom. The van der Waals surface area contributed by atoms with Gasteiger partial charge in [0.1, 0.15) is 12.9 Å². The van der Waals surface area contributed by atoms with Crippen LogP contribution >= 0.6 is 0 Å². The van der Waals surface area contributed by atoms with E-state index in [1.165, 1.54) is 12.1 Å². The largest absolute Gasteiger partial charge is 0.353 e. The molecule has 1 saturated heterocycles. The number of benzene rings is 2. The Labute approximate surface area is 144 Å². The van der Waals surface area contributed by atoms with E-state index in [9.17, 15) is 17.1 Å². The number of ether oxygens (including phenoxy) is 2. The van der Waals surface area contributed by atoms with Gasteiger partial charge in [0.2, 0.25) is 0 Å². The van der Waals surface area contributed by atoms with Crippen molar-refractivity contribution in [2.45, 2.75) is 17.0 Å². The normalized spacial score (nSPS) is 20.8. The van der Waals surface area contributed by atoms with Gasteiger partial charge >= 0.3 is 10.2 Å². The van der Waals surface area contributed by atoms with Crippen LogP contribution in [0.2, 0.25) is 0 Å². The summed E-state index contributed by atoms with van der Waals surface area (Å²) in [5, 5.41) is 2.81. The molecule has 2 aromatic carbocycles. The first-order valence-corrected chi connectivity index (χ1v) is 8.93. The number of hydrogen-bond donors (Lipinski definition) is 1. The first-order valence-electron chi connectivity index (χ1n) is 7.55. The van der Waals surface area contributed by atoms with Crippen LogP contribution in [0.15, 0.2) is 59.5 Å². The van der Waals surface area contributed by atoms with E-state index < -0.39 is 27.1 Å². The van der Waals surface area contributed by atoms with E-state index in [1.807, 2.05) is 30.3 Å². The number of rotatable bonds is 4. The number of nitrogens with one attached hydrogen (secondary N) is 1. The molecule has 0 unspecified atom stereocenters. The predicted octanol–water partition coefficient (Wildman–Crippen LogP) is 2.19. The van der Waals surface area contributed by atoms with Gasteiger partial charge in [0.05, 0.1) is 17.5 Å². The van der Waals surface area contributed by atoms with Gasteiger partial charge in [-0.05, 0) is 29.8 Å². The maximum atomic E-state index is 12.9. The molecule has 0 aromatic heterocycles. The zero-order chi connectivity index (χ0) is 17.9. The van der Waals surface area contributed by atoms with Crippen molar-refractivity contribution in [1.29, 1.82) is 0 Å². The molecular formula is C17H16FNO5S. The third-order valence-corrected chi connectivity index (χ3v) is 4.67. The van der Waals surface area contributed by atoms with Crippen LogP contribution in [0.25, 0.3) is 0 Å². The molecule has 1 fully saturated rings. The molecule has 0 saturated carbocycles. The molecule has 0 radical (unpaired) electrons. The Balaban J connectivity index is 1.74. The maximum absolute atomic E-state index is 12.9. The first-order chi connectivity index (χ1) is 11.9. The van der Waals surface area contributed by atoms with Crippen molar-refractivity contribution in [2.75, 3.05) is 13.4 Å². The van der Waals surface area contributed by atoms with E-state index in [1.54, 1.807) is 0 Å². The third kappa shape index (κ3) is 4.22. The lowest BCUT2D eigenvalue weighted by Gasteiger charge is -2.32. The lowest BCUT2D eigenvalue weighted by molar-refractivity contribution is -0.155. The molecule has 0 aliphatic carbocycles. The number of hydrogen-bond acceptors (Lipinski definition) is 5. The van der Waals surface area contributed by atoms with Crippen LogP contribution < -0.4 is 5.32 Å². The molecule has 6 nitrogen and oxygen atoms in total. The number of carbonyl (C=O) groups excluding carboxylic acids is 1. The Kier molecular flexibility index (Phi) is 5.12. The Morgan fingerprint density at radius 3 is 2.40 bits per heavy atom. The van der Waals surface area contributed by atoms with Crippen molar-refractivity contribution >= 4 is 16.1 Å². The van der Waals surface area contributed by atoms with Gasteiger partial charge in [0.15, 0.2) is 0 Å². The van der Waals surface area contributed by atoms with Gasteiger partial charge in [-0.1, -0.05) is 30.3 Å². The summed E-state index contributed by atoms with van der Waals surface area (Å²) >= 11 is 0. The second kappa shape index (κ2) is 7.30. The summed E-state index contributed by atoms with van der Waals surface area (Å²) in [5.74, 6) is -0.428. The summed E-state index contributed by atoms with van der Waals surface area (Å²) in [4.78, 5) is 11.9. The standard InChI is InChI=1S/C17H16FNO5S/c18-25(21,22)14-8-6-13(7-9-14)17(20)19-15-10-23-11-24-16(15)12-4-2-1-3-5-12/h1-9,15-16H,10-11H2,(H,19,20)/t15-,16-/m0/s1. The SMILES string of the molecule is O=C(N[C@H]1COCO[C@H]1c1ccccc1)c1ccc(S(=O)(=O)F)cc1. The highest BCUT2D eigenvalue weighted by Crippen LogP contribution is 2.25. The summed E-state index contributed by atoms with van der Waals surface area (Å²) in [6.07, 6.45) is -0.357. The molecule has 8 heteroatoms. The molecule has 1 aliphatic rings. The molecule has 1 N–H and O–H groups in total. The zero-order valence-electron chi connectivity index (χ0n) is 13.1. The number of halogens is 1. The van der Waals surface area contributed by atoms with Crippen LogP contribution in [0.4, 0.5) is 3.89 Å². The van der Waals surface area contributed by atoms with Crippen molar-refractivity contribution in [3.63, 3.8) is 0 Å². The molecule has 0 spiro atoms. The molecule has 1 amide bonds. The van der Waals surface area contributed by atoms with Gasteiger partial charge in [0.25, 0.3) is 5.91 Å². The smallest absolute Gasteiger partial charge is 0.332 e. The predicted molar refractivity (Wildman–Crippen MR) is 87.1 cm³/mol. The van der Waals surface area contributed by atoms with Crippen LogP contribution in [0.1, 0.15) is 22.0 Å². The highest BCUT2D eigenvalue weighted by atomic mass is 32.3. The van der Waals surface area contributed by atoms with E-state index in [0.717, 1.165) is 17.7 Å². The highest BCUT2D eigenvalue weighted by Gasteiger charge is 2.29. The fourth-order valence-electron chi connectivity index (χ4n) is 2.61. The van der Waals surface area contributed by atoms with E-state index in [-0.39, 0.29) is 25.1 Å². The second-order valence-electron chi connectivity index (χ2n) is 5.53. The summed E-state index contributed by atoms with van der Waals surface area (Å²) in [6.45, 7) is 0.414. The fraction of sp³-hybridized carbons (Fsp3) is 0.235. The van der Waals surface area contributed by atoms with Gasteiger partial charge in [-0.3, -0.25) is 4.79 Å². The first kappa shape index (κ1) is 17.5. The van der Waals surface area contributed by atoms with E-state index in [4.69, 9.17) is 9.47 Å². The Hall–Kier alpha value is -2.29. The molecule has 3 rings (SSSR count). The summed E-state index contributed by atoms with van der Waals surface area (Å²) < 4.78 is 45.4. The van der Waals surface area contributed by atoms with Crippen molar-refractivity contribution in [1.82, 2.24) is 5.32 Å². The van der Waals surface area contributed by atoms with Gasteiger partial charge < -0.3 is 14.8 Å². The van der Waals surface area contributed by atoms with Crippen LogP contribution in [0.3, 0.4) is 0 Å². The van der Waals surface area contributed by atoms with Crippen LogP contribution in [-0.2, 0) is 19.7 Å². The van der Waals surface area contributed by atoms with Gasteiger partial charge in [0, 0.05) is 5.56 Å². The Bertz CT molecular complexity index is 839. The maximum Gasteiger partial charge on any atom is 0.332 e. The monoisotopic (exact) mass is 365 g/mol. The van der Waals surface area contributed by atoms with E-state index in [0.29, 0.717) is 0 Å². The molecule has 0 bridgehead atoms. The topological polar surface area (TPSA) is 81.7 Å². The van der Waals surface area contributed by atoms with Crippen molar-refractivity contribution < 1.29 is 26.6 Å². The van der Waals surface area contributed by atoms with Crippen LogP contribution in [0.5, 0.6) is 0 Å². The zero-order valence-corrected chi connectivity index (χ0v) is 13.9. The van der Waals surface area contributed by atoms with Gasteiger partial charge in [-0.2, -0.15) is 8.42 Å². The van der Waals surface area contributed by atoms with E-state index >= 15 is 0 Å². The third-order valence-electron chi connectivity index (χ3n) is 3.84.